The van der Waals surface area contributed by atoms with E-state index in [1.807, 2.05) is 32.0 Å². The lowest BCUT2D eigenvalue weighted by Gasteiger charge is -2.14. The molecule has 0 aliphatic rings. The molecule has 5 nitrogen and oxygen atoms in total. The zero-order chi connectivity index (χ0) is 24.0. The molecule has 0 aliphatic carbocycles. The van der Waals surface area contributed by atoms with Crippen molar-refractivity contribution < 1.29 is 14.3 Å². The molecule has 0 bridgehead atoms. The molecule has 0 radical (unpaired) electrons. The van der Waals surface area contributed by atoms with E-state index in [0.717, 1.165) is 16.7 Å². The summed E-state index contributed by atoms with van der Waals surface area (Å²) in [7, 11) is 1.50. The molecule has 7 heteroatoms. The van der Waals surface area contributed by atoms with Gasteiger partial charge < -0.3 is 14.8 Å². The van der Waals surface area contributed by atoms with Crippen molar-refractivity contribution in [3.63, 3.8) is 0 Å². The van der Waals surface area contributed by atoms with Crippen molar-refractivity contribution in [3.05, 3.63) is 92.5 Å². The number of nitrogens with zero attached hydrogens (tertiary/aromatic N) is 1. The van der Waals surface area contributed by atoms with Gasteiger partial charge in [-0.2, -0.15) is 5.26 Å². The van der Waals surface area contributed by atoms with E-state index in [1.54, 1.807) is 36.4 Å². The summed E-state index contributed by atoms with van der Waals surface area (Å²) >= 11 is 12.4. The number of ether oxygens (including phenoxy) is 2. The van der Waals surface area contributed by atoms with Crippen molar-refractivity contribution in [2.24, 2.45) is 0 Å². The Hall–Kier alpha value is -3.46. The van der Waals surface area contributed by atoms with Crippen LogP contribution in [0, 0.1) is 25.2 Å². The molecule has 0 aromatic heterocycles. The molecule has 0 aliphatic heterocycles. The van der Waals surface area contributed by atoms with E-state index in [4.69, 9.17) is 32.7 Å². The van der Waals surface area contributed by atoms with Gasteiger partial charge in [-0.3, -0.25) is 4.79 Å². The maximum atomic E-state index is 12.5. The number of nitriles is 1. The number of aryl methyl sites for hydroxylation is 2. The lowest BCUT2D eigenvalue weighted by atomic mass is 10.1. The van der Waals surface area contributed by atoms with E-state index in [9.17, 15) is 10.1 Å². The normalized spacial score (nSPS) is 11.0. The Bertz CT molecular complexity index is 1240. The summed E-state index contributed by atoms with van der Waals surface area (Å²) in [6.45, 7) is 4.38. The summed E-state index contributed by atoms with van der Waals surface area (Å²) in [4.78, 5) is 12.5. The van der Waals surface area contributed by atoms with Crippen molar-refractivity contribution in [2.75, 3.05) is 12.4 Å². The van der Waals surface area contributed by atoms with E-state index in [2.05, 4.69) is 11.4 Å². The lowest BCUT2D eigenvalue weighted by molar-refractivity contribution is -0.112. The molecule has 0 saturated carbocycles. The fourth-order valence-electron chi connectivity index (χ4n) is 3.35. The van der Waals surface area contributed by atoms with E-state index < -0.39 is 5.91 Å². The number of benzene rings is 3. The fourth-order valence-corrected chi connectivity index (χ4v) is 3.81. The highest BCUT2D eigenvalue weighted by Gasteiger charge is 2.15. The lowest BCUT2D eigenvalue weighted by Crippen LogP contribution is -2.13. The Balaban J connectivity index is 1.83. The predicted octanol–water partition coefficient (Wildman–Crippen LogP) is 6.74. The van der Waals surface area contributed by atoms with Gasteiger partial charge in [0.1, 0.15) is 18.2 Å². The van der Waals surface area contributed by atoms with Gasteiger partial charge in [-0.05, 0) is 61.4 Å². The molecule has 3 aromatic rings. The summed E-state index contributed by atoms with van der Waals surface area (Å²) in [5, 5.41) is 12.9. The monoisotopic (exact) mass is 480 g/mol. The van der Waals surface area contributed by atoms with Crippen LogP contribution in [0.15, 0.2) is 60.2 Å². The third kappa shape index (κ3) is 6.52. The van der Waals surface area contributed by atoms with Crippen LogP contribution in [0.1, 0.15) is 22.3 Å². The number of rotatable bonds is 7. The second-order valence-corrected chi connectivity index (χ2v) is 8.30. The highest BCUT2D eigenvalue weighted by Crippen LogP contribution is 2.37. The van der Waals surface area contributed by atoms with Gasteiger partial charge in [-0.15, -0.1) is 0 Å². The molecule has 0 atom stereocenters. The van der Waals surface area contributed by atoms with Gasteiger partial charge in [0.2, 0.25) is 0 Å². The first-order valence-electron chi connectivity index (χ1n) is 10.0. The van der Waals surface area contributed by atoms with Crippen molar-refractivity contribution in [2.45, 2.75) is 20.5 Å². The van der Waals surface area contributed by atoms with Gasteiger partial charge in [0.05, 0.1) is 12.1 Å². The number of nitrogens with one attached hydrogen (secondary N) is 1. The molecule has 0 heterocycles. The number of carbonyl (C=O) groups excluding carboxylic acids is 1. The number of halogens is 2. The largest absolute Gasteiger partial charge is 0.493 e. The third-order valence-electron chi connectivity index (χ3n) is 4.67. The molecule has 1 N–H and O–H groups in total. The zero-order valence-electron chi connectivity index (χ0n) is 18.4. The molecule has 3 aromatic carbocycles. The molecule has 3 rings (SSSR count). The van der Waals surface area contributed by atoms with Crippen LogP contribution in [0.3, 0.4) is 0 Å². The van der Waals surface area contributed by atoms with Crippen molar-refractivity contribution in [1.29, 1.82) is 5.26 Å². The molecular formula is C26H22Cl2N2O3. The maximum absolute atomic E-state index is 12.5. The summed E-state index contributed by atoms with van der Waals surface area (Å²) in [5.74, 6) is 0.216. The Labute approximate surface area is 203 Å². The fraction of sp³-hybridized carbons (Fsp3) is 0.154. The number of hydrogen-bond donors (Lipinski definition) is 1. The van der Waals surface area contributed by atoms with Crippen LogP contribution >= 0.6 is 23.2 Å². The van der Waals surface area contributed by atoms with Gasteiger partial charge in [0.25, 0.3) is 5.91 Å². The molecule has 33 heavy (non-hydrogen) atoms. The van der Waals surface area contributed by atoms with Crippen LogP contribution in [0.4, 0.5) is 5.69 Å². The summed E-state index contributed by atoms with van der Waals surface area (Å²) in [6, 6.07) is 18.0. The Kier molecular flexibility index (Phi) is 8.00. The topological polar surface area (TPSA) is 71.3 Å². The first-order valence-corrected chi connectivity index (χ1v) is 10.8. The van der Waals surface area contributed by atoms with Crippen molar-refractivity contribution >= 4 is 40.9 Å². The van der Waals surface area contributed by atoms with Crippen molar-refractivity contribution in [1.82, 2.24) is 0 Å². The molecule has 0 saturated heterocycles. The predicted molar refractivity (Wildman–Crippen MR) is 132 cm³/mol. The number of anilines is 1. The highest BCUT2D eigenvalue weighted by molar-refractivity contribution is 6.32. The van der Waals surface area contributed by atoms with E-state index in [0.29, 0.717) is 39.4 Å². The summed E-state index contributed by atoms with van der Waals surface area (Å²) in [5.41, 5.74) is 4.21. The van der Waals surface area contributed by atoms with Crippen LogP contribution in [-0.4, -0.2) is 13.0 Å². The van der Waals surface area contributed by atoms with Gasteiger partial charge in [-0.25, -0.2) is 0 Å². The average molecular weight is 481 g/mol. The number of methoxy groups -OCH3 is 1. The minimum atomic E-state index is -0.565. The van der Waals surface area contributed by atoms with Crippen LogP contribution in [0.5, 0.6) is 11.5 Å². The molecule has 0 fully saturated rings. The standard InChI is InChI=1S/C26H22Cl2N2O3/c1-16-7-17(2)9-19(8-16)15-33-25-23(28)11-18(12-24(25)32-3)10-20(14-29)26(31)30-22-6-4-5-21(27)13-22/h4-13H,15H2,1-3H3,(H,30,31)/b20-10+. The van der Waals surface area contributed by atoms with Gasteiger partial charge in [-0.1, -0.05) is 58.6 Å². The minimum absolute atomic E-state index is 0.100. The second-order valence-electron chi connectivity index (χ2n) is 7.45. The number of carbonyl (C=O) groups is 1. The summed E-state index contributed by atoms with van der Waals surface area (Å²) in [6.07, 6.45) is 1.43. The first kappa shape index (κ1) is 24.2. The smallest absolute Gasteiger partial charge is 0.266 e. The molecule has 1 amide bonds. The van der Waals surface area contributed by atoms with Crippen LogP contribution in [0.25, 0.3) is 6.08 Å². The first-order chi connectivity index (χ1) is 15.8. The minimum Gasteiger partial charge on any atom is -0.493 e. The number of amides is 1. The molecule has 168 valence electrons. The quantitative estimate of drug-likeness (QED) is 0.300. The van der Waals surface area contributed by atoms with Gasteiger partial charge in [0, 0.05) is 10.7 Å². The van der Waals surface area contributed by atoms with Gasteiger partial charge >= 0.3 is 0 Å². The number of hydrogen-bond acceptors (Lipinski definition) is 4. The van der Waals surface area contributed by atoms with Crippen LogP contribution in [-0.2, 0) is 11.4 Å². The SMILES string of the molecule is COc1cc(/C=C(\C#N)C(=O)Nc2cccc(Cl)c2)cc(Cl)c1OCc1cc(C)cc(C)c1. The third-order valence-corrected chi connectivity index (χ3v) is 5.19. The Morgan fingerprint density at radius 3 is 2.45 bits per heavy atom. The Morgan fingerprint density at radius 2 is 1.82 bits per heavy atom. The molecular weight excluding hydrogens is 459 g/mol. The van der Waals surface area contributed by atoms with E-state index in [1.165, 1.54) is 13.2 Å². The highest BCUT2D eigenvalue weighted by atomic mass is 35.5. The Morgan fingerprint density at radius 1 is 1.09 bits per heavy atom. The van der Waals surface area contributed by atoms with E-state index >= 15 is 0 Å². The maximum Gasteiger partial charge on any atom is 0.266 e. The van der Waals surface area contributed by atoms with Crippen molar-refractivity contribution in [3.8, 4) is 17.6 Å². The van der Waals surface area contributed by atoms with Crippen LogP contribution < -0.4 is 14.8 Å². The zero-order valence-corrected chi connectivity index (χ0v) is 19.9. The summed E-state index contributed by atoms with van der Waals surface area (Å²) < 4.78 is 11.4. The van der Waals surface area contributed by atoms with Crippen LogP contribution in [0.2, 0.25) is 10.0 Å². The molecule has 0 spiro atoms. The van der Waals surface area contributed by atoms with E-state index in [-0.39, 0.29) is 5.57 Å². The molecule has 0 unspecified atom stereocenters. The second kappa shape index (κ2) is 10.9. The average Bonchev–Trinajstić information content (AvgIpc) is 2.75. The van der Waals surface area contributed by atoms with Gasteiger partial charge in [0.15, 0.2) is 11.5 Å².